The molecule has 170 valence electrons. The van der Waals surface area contributed by atoms with E-state index in [1.165, 1.54) is 6.08 Å². The summed E-state index contributed by atoms with van der Waals surface area (Å²) in [6, 6.07) is 14.2. The number of para-hydroxylation sites is 1. The van der Waals surface area contributed by atoms with Crippen molar-refractivity contribution in [2.75, 3.05) is 24.2 Å². The van der Waals surface area contributed by atoms with E-state index in [4.69, 9.17) is 9.47 Å². The van der Waals surface area contributed by atoms with Crippen LogP contribution in [0, 0.1) is 5.92 Å². The lowest BCUT2D eigenvalue weighted by Crippen LogP contribution is -2.34. The maximum absolute atomic E-state index is 13.1. The van der Waals surface area contributed by atoms with Gasteiger partial charge in [-0.25, -0.2) is 8.42 Å². The minimum absolute atomic E-state index is 0.179. The Morgan fingerprint density at radius 3 is 2.53 bits per heavy atom. The molecule has 0 radical (unpaired) electrons. The number of allylic oxidation sites excluding steroid dienone is 2. The molecule has 0 bridgehead atoms. The smallest absolute Gasteiger partial charge is 0.317 e. The van der Waals surface area contributed by atoms with Gasteiger partial charge in [0.2, 0.25) is 10.0 Å². The molecule has 0 heterocycles. The van der Waals surface area contributed by atoms with Crippen LogP contribution in [0.15, 0.2) is 54.6 Å². The molecule has 32 heavy (non-hydrogen) atoms. The van der Waals surface area contributed by atoms with Crippen molar-refractivity contribution in [3.8, 4) is 5.75 Å². The summed E-state index contributed by atoms with van der Waals surface area (Å²) in [4.78, 5) is 25.9. The Kier molecular flexibility index (Phi) is 7.35. The normalized spacial score (nSPS) is 18.6. The van der Waals surface area contributed by atoms with Gasteiger partial charge in [-0.1, -0.05) is 30.3 Å². The largest absolute Gasteiger partial charge is 0.494 e. The molecule has 0 saturated carbocycles. The average molecular weight is 458 g/mol. The predicted octanol–water partition coefficient (Wildman–Crippen LogP) is 3.78. The van der Waals surface area contributed by atoms with Crippen molar-refractivity contribution in [3.05, 3.63) is 65.7 Å². The lowest BCUT2D eigenvalue weighted by atomic mass is 9.73. The van der Waals surface area contributed by atoms with Crippen LogP contribution in [0.3, 0.4) is 0 Å². The lowest BCUT2D eigenvalue weighted by molar-refractivity contribution is -0.151. The number of hydrogen-bond acceptors (Lipinski definition) is 6. The molecule has 0 spiro atoms. The second-order valence-corrected chi connectivity index (χ2v) is 9.29. The second kappa shape index (κ2) is 9.99. The standard InChI is InChI=1S/C24H27NO6S/c1-4-30-22-12-7-6-11-19(22)20-14-17(15-21(26)23(20)24(27)31-5-2)16-9-8-10-18(13-16)25-32(3,28)29/h6-13,15,20,23,25H,4-5,14H2,1-3H3/t20-,23+/m1/s1. The number of sulfonamides is 1. The van der Waals surface area contributed by atoms with Crippen molar-refractivity contribution in [2.45, 2.75) is 26.2 Å². The maximum Gasteiger partial charge on any atom is 0.317 e. The molecule has 0 amide bonds. The van der Waals surface area contributed by atoms with Crippen LogP contribution >= 0.6 is 0 Å². The van der Waals surface area contributed by atoms with E-state index in [9.17, 15) is 18.0 Å². The molecule has 2 aromatic carbocycles. The molecule has 1 N–H and O–H groups in total. The molecule has 7 nitrogen and oxygen atoms in total. The monoisotopic (exact) mass is 457 g/mol. The molecule has 8 heteroatoms. The average Bonchev–Trinajstić information content (AvgIpc) is 2.73. The summed E-state index contributed by atoms with van der Waals surface area (Å²) in [6.45, 7) is 4.20. The Morgan fingerprint density at radius 1 is 1.09 bits per heavy atom. The highest BCUT2D eigenvalue weighted by molar-refractivity contribution is 7.92. The quantitative estimate of drug-likeness (QED) is 0.479. The van der Waals surface area contributed by atoms with Crippen molar-refractivity contribution in [2.24, 2.45) is 5.92 Å². The van der Waals surface area contributed by atoms with Gasteiger partial charge < -0.3 is 9.47 Å². The van der Waals surface area contributed by atoms with Gasteiger partial charge in [-0.15, -0.1) is 0 Å². The van der Waals surface area contributed by atoms with Crippen molar-refractivity contribution in [3.63, 3.8) is 0 Å². The van der Waals surface area contributed by atoms with Crippen molar-refractivity contribution in [1.82, 2.24) is 0 Å². The molecule has 2 atom stereocenters. The SMILES string of the molecule is CCOC(=O)[C@@H]1C(=O)C=C(c2cccc(NS(C)(=O)=O)c2)C[C@@H]1c1ccccc1OCC. The van der Waals surface area contributed by atoms with Gasteiger partial charge in [0.25, 0.3) is 0 Å². The third-order valence-electron chi connectivity index (χ3n) is 5.16. The van der Waals surface area contributed by atoms with Crippen LogP contribution in [0.4, 0.5) is 5.69 Å². The zero-order valence-electron chi connectivity index (χ0n) is 18.3. The van der Waals surface area contributed by atoms with Gasteiger partial charge in [0.05, 0.1) is 19.5 Å². The minimum Gasteiger partial charge on any atom is -0.494 e. The zero-order chi connectivity index (χ0) is 23.3. The number of carbonyl (C=O) groups excluding carboxylic acids is 2. The molecular formula is C24H27NO6S. The Morgan fingerprint density at radius 2 is 1.84 bits per heavy atom. The van der Waals surface area contributed by atoms with Gasteiger partial charge in [-0.3, -0.25) is 14.3 Å². The van der Waals surface area contributed by atoms with E-state index >= 15 is 0 Å². The van der Waals surface area contributed by atoms with Crippen LogP contribution in [0.5, 0.6) is 5.75 Å². The molecule has 0 aliphatic heterocycles. The minimum atomic E-state index is -3.44. The highest BCUT2D eigenvalue weighted by Crippen LogP contribution is 2.43. The number of carbonyl (C=O) groups is 2. The Hall–Kier alpha value is -3.13. The number of rotatable bonds is 8. The van der Waals surface area contributed by atoms with E-state index in [1.54, 1.807) is 25.1 Å². The fourth-order valence-corrected chi connectivity index (χ4v) is 4.50. The van der Waals surface area contributed by atoms with Gasteiger partial charge >= 0.3 is 5.97 Å². The van der Waals surface area contributed by atoms with E-state index in [2.05, 4.69) is 4.72 Å². The number of nitrogens with one attached hydrogen (secondary N) is 1. The van der Waals surface area contributed by atoms with Gasteiger partial charge in [-0.2, -0.15) is 0 Å². The summed E-state index contributed by atoms with van der Waals surface area (Å²) in [5.41, 5.74) is 2.58. The molecule has 3 rings (SSSR count). The number of hydrogen-bond donors (Lipinski definition) is 1. The Balaban J connectivity index is 2.05. The first-order valence-electron chi connectivity index (χ1n) is 10.4. The summed E-state index contributed by atoms with van der Waals surface area (Å²) in [6.07, 6.45) is 2.93. The van der Waals surface area contributed by atoms with E-state index in [1.807, 2.05) is 37.3 Å². The Bertz CT molecular complexity index is 1140. The van der Waals surface area contributed by atoms with Crippen LogP contribution in [-0.4, -0.2) is 39.6 Å². The van der Waals surface area contributed by atoms with E-state index < -0.39 is 27.8 Å². The van der Waals surface area contributed by atoms with Gasteiger partial charge in [0.15, 0.2) is 5.78 Å². The summed E-state index contributed by atoms with van der Waals surface area (Å²) in [5.74, 6) is -1.73. The molecule has 0 unspecified atom stereocenters. The highest BCUT2D eigenvalue weighted by Gasteiger charge is 2.41. The predicted molar refractivity (Wildman–Crippen MR) is 123 cm³/mol. The first-order chi connectivity index (χ1) is 15.2. The van der Waals surface area contributed by atoms with E-state index in [-0.39, 0.29) is 12.4 Å². The molecule has 0 aromatic heterocycles. The van der Waals surface area contributed by atoms with Crippen LogP contribution in [0.1, 0.15) is 37.3 Å². The zero-order valence-corrected chi connectivity index (χ0v) is 19.1. The number of esters is 1. The number of ketones is 1. The number of anilines is 1. The molecule has 1 aliphatic rings. The molecule has 0 saturated heterocycles. The third kappa shape index (κ3) is 5.56. The highest BCUT2D eigenvalue weighted by atomic mass is 32.2. The van der Waals surface area contributed by atoms with Crippen LogP contribution in [0.2, 0.25) is 0 Å². The molecule has 0 fully saturated rings. The lowest BCUT2D eigenvalue weighted by Gasteiger charge is -2.30. The van der Waals surface area contributed by atoms with Crippen LogP contribution in [0.25, 0.3) is 5.57 Å². The second-order valence-electron chi connectivity index (χ2n) is 7.54. The van der Waals surface area contributed by atoms with Crippen LogP contribution in [-0.2, 0) is 24.3 Å². The summed E-state index contributed by atoms with van der Waals surface area (Å²) < 4.78 is 36.7. The Labute approximate surface area is 188 Å². The third-order valence-corrected chi connectivity index (χ3v) is 5.77. The summed E-state index contributed by atoms with van der Waals surface area (Å²) in [5, 5.41) is 0. The van der Waals surface area contributed by atoms with Crippen LogP contribution < -0.4 is 9.46 Å². The topological polar surface area (TPSA) is 98.8 Å². The van der Waals surface area contributed by atoms with Gasteiger partial charge in [-0.05, 0) is 61.2 Å². The summed E-state index contributed by atoms with van der Waals surface area (Å²) >= 11 is 0. The number of benzene rings is 2. The van der Waals surface area contributed by atoms with E-state index in [0.717, 1.165) is 11.8 Å². The first-order valence-corrected chi connectivity index (χ1v) is 12.3. The van der Waals surface area contributed by atoms with E-state index in [0.29, 0.717) is 35.6 Å². The fourth-order valence-electron chi connectivity index (χ4n) is 3.95. The number of ether oxygens (including phenoxy) is 2. The van der Waals surface area contributed by atoms with Gasteiger partial charge in [0, 0.05) is 11.6 Å². The van der Waals surface area contributed by atoms with Crippen molar-refractivity contribution in [1.29, 1.82) is 0 Å². The van der Waals surface area contributed by atoms with Crippen molar-refractivity contribution < 1.29 is 27.5 Å². The van der Waals surface area contributed by atoms with Crippen molar-refractivity contribution >= 4 is 33.0 Å². The molecular weight excluding hydrogens is 430 g/mol. The first kappa shape index (κ1) is 23.5. The fraction of sp³-hybridized carbons (Fsp3) is 0.333. The maximum atomic E-state index is 13.1. The molecule has 2 aromatic rings. The molecule has 1 aliphatic carbocycles. The van der Waals surface area contributed by atoms with Gasteiger partial charge in [0.1, 0.15) is 11.7 Å². The summed E-state index contributed by atoms with van der Waals surface area (Å²) in [7, 11) is -3.44.